The van der Waals surface area contributed by atoms with Gasteiger partial charge in [-0.25, -0.2) is 0 Å². The van der Waals surface area contributed by atoms with Crippen molar-refractivity contribution in [1.29, 1.82) is 0 Å². The van der Waals surface area contributed by atoms with Crippen molar-refractivity contribution < 1.29 is 9.53 Å². The van der Waals surface area contributed by atoms with Crippen LogP contribution in [0.25, 0.3) is 0 Å². The van der Waals surface area contributed by atoms with Crippen LogP contribution in [0, 0.1) is 5.92 Å². The van der Waals surface area contributed by atoms with Gasteiger partial charge in [0.25, 0.3) is 0 Å². The lowest BCUT2D eigenvalue weighted by Gasteiger charge is -2.22. The maximum absolute atomic E-state index is 10.7. The summed E-state index contributed by atoms with van der Waals surface area (Å²) >= 11 is 0. The van der Waals surface area contributed by atoms with Gasteiger partial charge in [-0.3, -0.25) is 4.79 Å². The van der Waals surface area contributed by atoms with Crippen LogP contribution in [0.5, 0.6) is 0 Å². The lowest BCUT2D eigenvalue weighted by Crippen LogP contribution is -2.13. The lowest BCUT2D eigenvalue weighted by atomic mass is 9.90. The Morgan fingerprint density at radius 2 is 2.25 bits per heavy atom. The third-order valence-electron chi connectivity index (χ3n) is 2.31. The lowest BCUT2D eigenvalue weighted by molar-refractivity contribution is -0.137. The number of hydrogen-bond acceptors (Lipinski definition) is 2. The Balaban J connectivity index is 2.74. The largest absolute Gasteiger partial charge is 0.431 e. The molecule has 1 rings (SSSR count). The van der Waals surface area contributed by atoms with Crippen molar-refractivity contribution in [2.45, 2.75) is 40.0 Å². The molecular weight excluding hydrogens is 152 g/mol. The van der Waals surface area contributed by atoms with Gasteiger partial charge < -0.3 is 4.74 Å². The predicted octanol–water partition coefficient (Wildman–Crippen LogP) is 2.64. The monoisotopic (exact) mass is 168 g/mol. The molecule has 1 aliphatic carbocycles. The summed E-state index contributed by atoms with van der Waals surface area (Å²) in [6.07, 6.45) is 3.44. The standard InChI is InChI=1S/C10H16O2/c1-7-5-4-6-8(2)10(7)12-9(3)11/h7H,4-6H2,1-3H3/t7-/m0/s1. The van der Waals surface area contributed by atoms with E-state index in [1.165, 1.54) is 18.9 Å². The average Bonchev–Trinajstić information content (AvgIpc) is 1.97. The minimum Gasteiger partial charge on any atom is -0.431 e. The van der Waals surface area contributed by atoms with E-state index in [1.807, 2.05) is 6.92 Å². The first-order valence-corrected chi connectivity index (χ1v) is 4.49. The van der Waals surface area contributed by atoms with Gasteiger partial charge >= 0.3 is 5.97 Å². The van der Waals surface area contributed by atoms with E-state index in [-0.39, 0.29) is 5.97 Å². The molecule has 0 saturated carbocycles. The summed E-state index contributed by atoms with van der Waals surface area (Å²) in [5, 5.41) is 0. The molecule has 68 valence electrons. The van der Waals surface area contributed by atoms with Gasteiger partial charge in [-0.1, -0.05) is 6.92 Å². The second kappa shape index (κ2) is 3.74. The van der Waals surface area contributed by atoms with E-state index < -0.39 is 0 Å². The fraction of sp³-hybridized carbons (Fsp3) is 0.700. The van der Waals surface area contributed by atoms with Crippen LogP contribution in [0.4, 0.5) is 0 Å². The number of carbonyl (C=O) groups excluding carboxylic acids is 1. The first kappa shape index (κ1) is 9.30. The molecule has 0 aromatic heterocycles. The van der Waals surface area contributed by atoms with Gasteiger partial charge in [0.15, 0.2) is 0 Å². The van der Waals surface area contributed by atoms with Gasteiger partial charge in [0.05, 0.1) is 0 Å². The fourth-order valence-electron chi connectivity index (χ4n) is 1.69. The van der Waals surface area contributed by atoms with Crippen LogP contribution in [0.3, 0.4) is 0 Å². The van der Waals surface area contributed by atoms with Gasteiger partial charge in [-0.2, -0.15) is 0 Å². The van der Waals surface area contributed by atoms with E-state index in [0.29, 0.717) is 5.92 Å². The normalized spacial score (nSPS) is 24.1. The minimum absolute atomic E-state index is 0.196. The Morgan fingerprint density at radius 1 is 1.58 bits per heavy atom. The quantitative estimate of drug-likeness (QED) is 0.562. The number of esters is 1. The van der Waals surface area contributed by atoms with E-state index in [0.717, 1.165) is 18.6 Å². The molecule has 0 N–H and O–H groups in total. The van der Waals surface area contributed by atoms with Crippen LogP contribution in [-0.2, 0) is 9.53 Å². The van der Waals surface area contributed by atoms with Crippen molar-refractivity contribution >= 4 is 5.97 Å². The van der Waals surface area contributed by atoms with Crippen LogP contribution in [0.2, 0.25) is 0 Å². The molecule has 1 atom stereocenters. The zero-order valence-corrected chi connectivity index (χ0v) is 8.02. The summed E-state index contributed by atoms with van der Waals surface area (Å²) < 4.78 is 5.16. The third kappa shape index (κ3) is 2.10. The van der Waals surface area contributed by atoms with Crippen LogP contribution < -0.4 is 0 Å². The summed E-state index contributed by atoms with van der Waals surface area (Å²) in [4.78, 5) is 10.7. The highest BCUT2D eigenvalue weighted by Crippen LogP contribution is 2.30. The van der Waals surface area contributed by atoms with Gasteiger partial charge in [0, 0.05) is 12.8 Å². The van der Waals surface area contributed by atoms with Gasteiger partial charge in [0.1, 0.15) is 5.76 Å². The van der Waals surface area contributed by atoms with Gasteiger partial charge in [-0.05, 0) is 31.8 Å². The molecule has 12 heavy (non-hydrogen) atoms. The van der Waals surface area contributed by atoms with Crippen LogP contribution in [-0.4, -0.2) is 5.97 Å². The average molecular weight is 168 g/mol. The molecule has 0 aromatic carbocycles. The van der Waals surface area contributed by atoms with E-state index in [1.54, 1.807) is 0 Å². The molecule has 0 amide bonds. The molecule has 0 spiro atoms. The van der Waals surface area contributed by atoms with Gasteiger partial charge in [0.2, 0.25) is 0 Å². The minimum atomic E-state index is -0.196. The Hall–Kier alpha value is -0.790. The SMILES string of the molecule is CC(=O)OC1=C(C)CCC[C@@H]1C. The molecule has 0 unspecified atom stereocenters. The van der Waals surface area contributed by atoms with E-state index in [4.69, 9.17) is 4.74 Å². The Labute approximate surface area is 73.6 Å². The first-order chi connectivity index (χ1) is 5.61. The van der Waals surface area contributed by atoms with Crippen molar-refractivity contribution in [2.24, 2.45) is 5.92 Å². The number of carbonyl (C=O) groups is 1. The van der Waals surface area contributed by atoms with Crippen molar-refractivity contribution in [3.05, 3.63) is 11.3 Å². The zero-order chi connectivity index (χ0) is 9.14. The molecular formula is C10H16O2. The highest BCUT2D eigenvalue weighted by molar-refractivity contribution is 5.67. The number of ether oxygens (including phenoxy) is 1. The van der Waals surface area contributed by atoms with Crippen molar-refractivity contribution in [3.63, 3.8) is 0 Å². The molecule has 2 nitrogen and oxygen atoms in total. The molecule has 1 aliphatic rings. The zero-order valence-electron chi connectivity index (χ0n) is 8.02. The molecule has 0 saturated heterocycles. The van der Waals surface area contributed by atoms with Crippen LogP contribution in [0.15, 0.2) is 11.3 Å². The number of hydrogen-bond donors (Lipinski definition) is 0. The summed E-state index contributed by atoms with van der Waals surface area (Å²) in [6.45, 7) is 5.62. The summed E-state index contributed by atoms with van der Waals surface area (Å²) in [6, 6.07) is 0. The third-order valence-corrected chi connectivity index (χ3v) is 2.31. The summed E-state index contributed by atoms with van der Waals surface area (Å²) in [7, 11) is 0. The van der Waals surface area contributed by atoms with Crippen LogP contribution >= 0.6 is 0 Å². The highest BCUT2D eigenvalue weighted by Gasteiger charge is 2.19. The molecule has 0 radical (unpaired) electrons. The van der Waals surface area contributed by atoms with E-state index >= 15 is 0 Å². The maximum Gasteiger partial charge on any atom is 0.307 e. The Morgan fingerprint density at radius 3 is 2.75 bits per heavy atom. The van der Waals surface area contributed by atoms with E-state index in [2.05, 4.69) is 6.92 Å². The number of allylic oxidation sites excluding steroid dienone is 2. The van der Waals surface area contributed by atoms with Crippen molar-refractivity contribution in [2.75, 3.05) is 0 Å². The van der Waals surface area contributed by atoms with Crippen molar-refractivity contribution in [1.82, 2.24) is 0 Å². The second-order valence-electron chi connectivity index (χ2n) is 3.53. The van der Waals surface area contributed by atoms with Crippen molar-refractivity contribution in [3.8, 4) is 0 Å². The second-order valence-corrected chi connectivity index (χ2v) is 3.53. The molecule has 0 heterocycles. The molecule has 0 aliphatic heterocycles. The molecule has 2 heteroatoms. The summed E-state index contributed by atoms with van der Waals surface area (Å²) in [5.41, 5.74) is 1.24. The summed E-state index contributed by atoms with van der Waals surface area (Å²) in [5.74, 6) is 1.13. The highest BCUT2D eigenvalue weighted by atomic mass is 16.5. The first-order valence-electron chi connectivity index (χ1n) is 4.49. The Bertz CT molecular complexity index is 216. The molecule has 0 aromatic rings. The fourth-order valence-corrected chi connectivity index (χ4v) is 1.69. The molecule has 0 fully saturated rings. The smallest absolute Gasteiger partial charge is 0.307 e. The molecule has 0 bridgehead atoms. The predicted molar refractivity (Wildman–Crippen MR) is 47.5 cm³/mol. The Kier molecular flexibility index (Phi) is 2.90. The number of rotatable bonds is 1. The van der Waals surface area contributed by atoms with Gasteiger partial charge in [-0.15, -0.1) is 0 Å². The van der Waals surface area contributed by atoms with E-state index in [9.17, 15) is 4.79 Å². The maximum atomic E-state index is 10.7. The van der Waals surface area contributed by atoms with Crippen LogP contribution in [0.1, 0.15) is 40.0 Å². The topological polar surface area (TPSA) is 26.3 Å².